The lowest BCUT2D eigenvalue weighted by Gasteiger charge is -2.26. The summed E-state index contributed by atoms with van der Waals surface area (Å²) >= 11 is 0. The fourth-order valence-corrected chi connectivity index (χ4v) is 6.31. The number of allylic oxidation sites excluding steroid dienone is 6. The largest absolute Gasteiger partial charge is 0.545 e. The molecule has 0 spiro atoms. The molecule has 0 aliphatic rings. The zero-order chi connectivity index (χ0) is 42.1. The van der Waals surface area contributed by atoms with E-state index in [1.807, 2.05) is 21.1 Å². The number of carboxylic acid groups (broad SMARTS) is 1. The second-order valence-electron chi connectivity index (χ2n) is 16.7. The first kappa shape index (κ1) is 54.5. The molecule has 0 aliphatic heterocycles. The summed E-state index contributed by atoms with van der Waals surface area (Å²) in [6.07, 6.45) is 41.7. The summed E-state index contributed by atoms with van der Waals surface area (Å²) in [5.74, 6) is -2.30. The number of esters is 2. The molecular formula is C48H87NO8. The number of carbonyl (C=O) groups is 3. The van der Waals surface area contributed by atoms with E-state index in [1.165, 1.54) is 89.9 Å². The molecule has 0 aliphatic carbocycles. The van der Waals surface area contributed by atoms with Gasteiger partial charge in [0.1, 0.15) is 13.2 Å². The zero-order valence-electron chi connectivity index (χ0n) is 37.5. The van der Waals surface area contributed by atoms with E-state index < -0.39 is 24.3 Å². The molecule has 0 saturated heterocycles. The van der Waals surface area contributed by atoms with E-state index in [4.69, 9.17) is 18.9 Å². The minimum atomic E-state index is -1.62. The third kappa shape index (κ3) is 41.5. The molecule has 0 rings (SSSR count). The summed E-state index contributed by atoms with van der Waals surface area (Å²) in [6.45, 7) is 4.62. The van der Waals surface area contributed by atoms with Crippen molar-refractivity contribution in [3.63, 3.8) is 0 Å². The number of likely N-dealkylation sites (N-methyl/N-ethyl adjacent to an activating group) is 1. The van der Waals surface area contributed by atoms with Crippen LogP contribution in [0.3, 0.4) is 0 Å². The topological polar surface area (TPSA) is 111 Å². The number of ether oxygens (including phenoxy) is 4. The number of nitrogens with zero attached hydrogens (tertiary/aromatic N) is 1. The van der Waals surface area contributed by atoms with Crippen molar-refractivity contribution in [3.05, 3.63) is 36.5 Å². The number of hydrogen-bond acceptors (Lipinski definition) is 8. The van der Waals surface area contributed by atoms with E-state index >= 15 is 0 Å². The standard InChI is InChI=1S/C48H87NO8/c1-6-8-10-12-14-16-18-20-22-23-25-26-28-30-32-34-36-38-45(50)55-42-44(43-56-48(47(52)53)54-41-40-49(3,4)5)57-46(51)39-37-35-33-31-29-27-24-21-19-17-15-13-11-9-7-2/h9,11,15,17,21,24,44,48H,6-8,10,12-14,16,18-20,22-23,25-43H2,1-5H3/b11-9-,17-15-,24-21-. The maximum Gasteiger partial charge on any atom is 0.306 e. The Morgan fingerprint density at radius 1 is 0.544 bits per heavy atom. The molecule has 0 heterocycles. The number of hydrogen-bond donors (Lipinski definition) is 0. The summed E-state index contributed by atoms with van der Waals surface area (Å²) in [4.78, 5) is 37.0. The average molecular weight is 806 g/mol. The first-order chi connectivity index (χ1) is 27.6. The fourth-order valence-electron chi connectivity index (χ4n) is 6.31. The fraction of sp³-hybridized carbons (Fsp3) is 0.812. The molecule has 0 saturated carbocycles. The van der Waals surface area contributed by atoms with Crippen LogP contribution >= 0.6 is 0 Å². The first-order valence-corrected chi connectivity index (χ1v) is 23.1. The van der Waals surface area contributed by atoms with Crippen molar-refractivity contribution in [2.75, 3.05) is 47.5 Å². The van der Waals surface area contributed by atoms with E-state index in [9.17, 15) is 19.5 Å². The lowest BCUT2D eigenvalue weighted by Crippen LogP contribution is -2.44. The van der Waals surface area contributed by atoms with Gasteiger partial charge in [-0.3, -0.25) is 9.59 Å². The second-order valence-corrected chi connectivity index (χ2v) is 16.7. The van der Waals surface area contributed by atoms with Gasteiger partial charge in [0.15, 0.2) is 12.4 Å². The van der Waals surface area contributed by atoms with Crippen molar-refractivity contribution in [2.45, 2.75) is 206 Å². The molecule has 0 aromatic rings. The van der Waals surface area contributed by atoms with Crippen LogP contribution in [0, 0.1) is 0 Å². The number of carboxylic acids is 1. The highest BCUT2D eigenvalue weighted by atomic mass is 16.7. The first-order valence-electron chi connectivity index (χ1n) is 23.1. The highest BCUT2D eigenvalue weighted by Gasteiger charge is 2.21. The van der Waals surface area contributed by atoms with Gasteiger partial charge < -0.3 is 33.3 Å². The predicted octanol–water partition coefficient (Wildman–Crippen LogP) is 10.9. The molecular weight excluding hydrogens is 719 g/mol. The second kappa shape index (κ2) is 40.3. The maximum absolute atomic E-state index is 12.7. The number of quaternary nitrogens is 1. The average Bonchev–Trinajstić information content (AvgIpc) is 3.17. The number of carbonyl (C=O) groups excluding carboxylic acids is 3. The van der Waals surface area contributed by atoms with Crippen molar-refractivity contribution in [1.82, 2.24) is 0 Å². The van der Waals surface area contributed by atoms with Gasteiger partial charge in [0.25, 0.3) is 0 Å². The van der Waals surface area contributed by atoms with Crippen LogP contribution in [-0.4, -0.2) is 82.3 Å². The highest BCUT2D eigenvalue weighted by molar-refractivity contribution is 5.70. The van der Waals surface area contributed by atoms with Crippen LogP contribution in [0.2, 0.25) is 0 Å². The summed E-state index contributed by atoms with van der Waals surface area (Å²) in [5, 5.41) is 11.7. The molecule has 0 amide bonds. The third-order valence-corrected chi connectivity index (χ3v) is 9.90. The predicted molar refractivity (Wildman–Crippen MR) is 232 cm³/mol. The summed E-state index contributed by atoms with van der Waals surface area (Å²) in [7, 11) is 5.90. The van der Waals surface area contributed by atoms with Gasteiger partial charge in [-0.1, -0.05) is 172 Å². The van der Waals surface area contributed by atoms with Gasteiger partial charge in [-0.15, -0.1) is 0 Å². The molecule has 0 aromatic heterocycles. The van der Waals surface area contributed by atoms with E-state index in [0.717, 1.165) is 70.6 Å². The van der Waals surface area contributed by atoms with E-state index in [1.54, 1.807) is 0 Å². The van der Waals surface area contributed by atoms with Crippen LogP contribution in [0.25, 0.3) is 0 Å². The van der Waals surface area contributed by atoms with Gasteiger partial charge in [-0.2, -0.15) is 0 Å². The zero-order valence-corrected chi connectivity index (χ0v) is 37.5. The monoisotopic (exact) mass is 806 g/mol. The molecule has 57 heavy (non-hydrogen) atoms. The lowest BCUT2D eigenvalue weighted by atomic mass is 10.0. The van der Waals surface area contributed by atoms with Crippen molar-refractivity contribution < 1.29 is 42.9 Å². The Balaban J connectivity index is 4.42. The van der Waals surface area contributed by atoms with E-state index in [-0.39, 0.29) is 32.2 Å². The molecule has 0 radical (unpaired) electrons. The van der Waals surface area contributed by atoms with Crippen molar-refractivity contribution >= 4 is 17.9 Å². The summed E-state index contributed by atoms with van der Waals surface area (Å²) in [6, 6.07) is 0. The molecule has 9 heteroatoms. The van der Waals surface area contributed by atoms with Crippen LogP contribution in [0.4, 0.5) is 0 Å². The molecule has 0 aromatic carbocycles. The SMILES string of the molecule is CC/C=C\C/C=C\C/C=C\CCCCCCCC(=O)OC(COC(=O)CCCCCCCCCCCCCCCCCCC)COC(OCC[N+](C)(C)C)C(=O)[O-]. The molecule has 332 valence electrons. The molecule has 0 fully saturated rings. The van der Waals surface area contributed by atoms with Crippen molar-refractivity contribution in [1.29, 1.82) is 0 Å². The van der Waals surface area contributed by atoms with Crippen LogP contribution in [0.15, 0.2) is 36.5 Å². The Kier molecular flexibility index (Phi) is 38.5. The normalized spacial score (nSPS) is 13.2. The number of unbranched alkanes of at least 4 members (excludes halogenated alkanes) is 21. The van der Waals surface area contributed by atoms with E-state index in [0.29, 0.717) is 23.9 Å². The van der Waals surface area contributed by atoms with Crippen LogP contribution in [0.1, 0.15) is 194 Å². The van der Waals surface area contributed by atoms with Crippen molar-refractivity contribution in [2.24, 2.45) is 0 Å². The Morgan fingerprint density at radius 3 is 1.49 bits per heavy atom. The molecule has 2 atom stereocenters. The van der Waals surface area contributed by atoms with Crippen molar-refractivity contribution in [3.8, 4) is 0 Å². The van der Waals surface area contributed by atoms with Gasteiger partial charge in [0.2, 0.25) is 0 Å². The minimum Gasteiger partial charge on any atom is -0.545 e. The van der Waals surface area contributed by atoms with Crippen LogP contribution < -0.4 is 5.11 Å². The quantitative estimate of drug-likeness (QED) is 0.0197. The Morgan fingerprint density at radius 2 is 1.00 bits per heavy atom. The Hall–Kier alpha value is -2.49. The summed E-state index contributed by atoms with van der Waals surface area (Å²) in [5.41, 5.74) is 0. The summed E-state index contributed by atoms with van der Waals surface area (Å²) < 4.78 is 22.5. The number of rotatable bonds is 42. The Labute approximate surface area is 350 Å². The molecule has 0 N–H and O–H groups in total. The van der Waals surface area contributed by atoms with E-state index in [2.05, 4.69) is 50.3 Å². The smallest absolute Gasteiger partial charge is 0.306 e. The van der Waals surface area contributed by atoms with Gasteiger partial charge >= 0.3 is 11.9 Å². The highest BCUT2D eigenvalue weighted by Crippen LogP contribution is 2.15. The van der Waals surface area contributed by atoms with Crippen LogP contribution in [-0.2, 0) is 33.3 Å². The third-order valence-electron chi connectivity index (χ3n) is 9.90. The molecule has 2 unspecified atom stereocenters. The number of aliphatic carboxylic acids is 1. The van der Waals surface area contributed by atoms with Gasteiger partial charge in [-0.05, 0) is 44.9 Å². The molecule has 9 nitrogen and oxygen atoms in total. The maximum atomic E-state index is 12.7. The van der Waals surface area contributed by atoms with Gasteiger partial charge in [0, 0.05) is 12.8 Å². The Bertz CT molecular complexity index is 1030. The lowest BCUT2D eigenvalue weighted by molar-refractivity contribution is -0.870. The minimum absolute atomic E-state index is 0.145. The van der Waals surface area contributed by atoms with Gasteiger partial charge in [0.05, 0.1) is 40.3 Å². The van der Waals surface area contributed by atoms with Gasteiger partial charge in [-0.25, -0.2) is 0 Å². The molecule has 0 bridgehead atoms. The van der Waals surface area contributed by atoms with Crippen LogP contribution in [0.5, 0.6) is 0 Å².